The third kappa shape index (κ3) is 5.41. The Morgan fingerprint density at radius 1 is 0.930 bits per heavy atom. The van der Waals surface area contributed by atoms with Crippen LogP contribution in [0.4, 0.5) is 14.5 Å². The first kappa shape index (κ1) is 30.7. The van der Waals surface area contributed by atoms with Gasteiger partial charge in [-0.15, -0.1) is 0 Å². The monoisotopic (exact) mass is 609 g/mol. The maximum atomic E-state index is 14.2. The molecule has 10 heteroatoms. The van der Waals surface area contributed by atoms with Crippen LogP contribution in [0, 0.1) is 17.6 Å². The summed E-state index contributed by atoms with van der Waals surface area (Å²) < 4.78 is 57.2. The highest BCUT2D eigenvalue weighted by atomic mass is 32.2. The summed E-state index contributed by atoms with van der Waals surface area (Å²) in [7, 11) is -4.11. The lowest BCUT2D eigenvalue weighted by Crippen LogP contribution is -2.55. The zero-order chi connectivity index (χ0) is 31.3. The van der Waals surface area contributed by atoms with Gasteiger partial charge in [-0.05, 0) is 98.3 Å². The highest BCUT2D eigenvalue weighted by Crippen LogP contribution is 2.55. The third-order valence-electron chi connectivity index (χ3n) is 8.95. The summed E-state index contributed by atoms with van der Waals surface area (Å²) in [4.78, 5) is 27.6. The number of rotatable bonds is 6. The van der Waals surface area contributed by atoms with Gasteiger partial charge in [0.1, 0.15) is 11.6 Å². The summed E-state index contributed by atoms with van der Waals surface area (Å²) in [5, 5.41) is 3.04. The highest BCUT2D eigenvalue weighted by molar-refractivity contribution is 7.92. The Bertz CT molecular complexity index is 1650. The summed E-state index contributed by atoms with van der Waals surface area (Å²) in [6, 6.07) is 15.3. The molecule has 2 aliphatic heterocycles. The second-order valence-corrected chi connectivity index (χ2v) is 14.2. The molecule has 0 radical (unpaired) electrons. The molecule has 0 aliphatic carbocycles. The van der Waals surface area contributed by atoms with Crippen LogP contribution in [0.1, 0.15) is 68.9 Å². The molecule has 1 spiro atoms. The van der Waals surface area contributed by atoms with Crippen molar-refractivity contribution in [3.63, 3.8) is 0 Å². The van der Waals surface area contributed by atoms with Crippen LogP contribution in [0.25, 0.3) is 0 Å². The van der Waals surface area contributed by atoms with E-state index in [4.69, 9.17) is 0 Å². The van der Waals surface area contributed by atoms with Crippen LogP contribution >= 0.6 is 0 Å². The number of fused-ring (bicyclic) bond motifs is 2. The molecule has 0 aromatic heterocycles. The van der Waals surface area contributed by atoms with Gasteiger partial charge in [0.15, 0.2) is 0 Å². The summed E-state index contributed by atoms with van der Waals surface area (Å²) in [5.41, 5.74) is 0.845. The topological polar surface area (TPSA) is 86.8 Å². The van der Waals surface area contributed by atoms with E-state index < -0.39 is 32.8 Å². The van der Waals surface area contributed by atoms with Gasteiger partial charge in [-0.3, -0.25) is 13.9 Å². The summed E-state index contributed by atoms with van der Waals surface area (Å²) >= 11 is 0. The molecule has 1 saturated heterocycles. The van der Waals surface area contributed by atoms with Gasteiger partial charge < -0.3 is 10.2 Å². The lowest BCUT2D eigenvalue weighted by Gasteiger charge is -2.46. The number of anilines is 1. The fourth-order valence-electron chi connectivity index (χ4n) is 6.79. The molecule has 7 nitrogen and oxygen atoms in total. The fourth-order valence-corrected chi connectivity index (χ4v) is 8.66. The van der Waals surface area contributed by atoms with Crippen molar-refractivity contribution >= 4 is 27.5 Å². The number of halogens is 2. The van der Waals surface area contributed by atoms with E-state index >= 15 is 0 Å². The van der Waals surface area contributed by atoms with E-state index in [9.17, 15) is 26.8 Å². The fraction of sp³-hybridized carbons (Fsp3) is 0.394. The van der Waals surface area contributed by atoms with E-state index in [2.05, 4.69) is 5.32 Å². The van der Waals surface area contributed by atoms with Crippen molar-refractivity contribution in [2.75, 3.05) is 17.4 Å². The predicted molar refractivity (Wildman–Crippen MR) is 161 cm³/mol. The maximum Gasteiger partial charge on any atom is 0.264 e. The molecule has 1 fully saturated rings. The van der Waals surface area contributed by atoms with Gasteiger partial charge in [0.2, 0.25) is 5.91 Å². The smallest absolute Gasteiger partial charge is 0.264 e. The van der Waals surface area contributed by atoms with Gasteiger partial charge in [-0.25, -0.2) is 17.2 Å². The number of hydrogen-bond donors (Lipinski definition) is 1. The Morgan fingerprint density at radius 3 is 2.02 bits per heavy atom. The Balaban J connectivity index is 1.61. The van der Waals surface area contributed by atoms with Crippen molar-refractivity contribution in [1.82, 2.24) is 10.2 Å². The minimum absolute atomic E-state index is 0.0217. The van der Waals surface area contributed by atoms with E-state index in [-0.39, 0.29) is 28.4 Å². The van der Waals surface area contributed by atoms with Crippen LogP contribution in [0.5, 0.6) is 0 Å². The standard InChI is InChI=1S/C33H37F2N3O4S/c1-21(2)30-33(16-18-37(19-17-33)22(3)39)28-20-23(31(40)36-32(4,5)24-7-9-25(34)10-8-24)6-15-29(28)38(30)43(41,42)27-13-11-26(35)12-14-27/h6-15,20-21,30H,16-19H2,1-5H3,(H,36,40). The lowest BCUT2D eigenvalue weighted by atomic mass is 9.66. The van der Waals surface area contributed by atoms with E-state index in [1.165, 1.54) is 35.5 Å². The van der Waals surface area contributed by atoms with Crippen LogP contribution in [-0.4, -0.2) is 44.3 Å². The molecule has 0 bridgehead atoms. The summed E-state index contributed by atoms with van der Waals surface area (Å²) in [6.45, 7) is 10.0. The lowest BCUT2D eigenvalue weighted by molar-refractivity contribution is -0.130. The van der Waals surface area contributed by atoms with Crippen molar-refractivity contribution < 1.29 is 26.8 Å². The van der Waals surface area contributed by atoms with Crippen LogP contribution in [0.3, 0.4) is 0 Å². The molecule has 5 rings (SSSR count). The van der Waals surface area contributed by atoms with Crippen LogP contribution in [0.2, 0.25) is 0 Å². The number of amides is 2. The molecule has 2 amide bonds. The van der Waals surface area contributed by atoms with Gasteiger partial charge in [-0.1, -0.05) is 26.0 Å². The maximum absolute atomic E-state index is 14.2. The second-order valence-electron chi connectivity index (χ2n) is 12.4. The van der Waals surface area contributed by atoms with Crippen LogP contribution < -0.4 is 9.62 Å². The van der Waals surface area contributed by atoms with Gasteiger partial charge in [0, 0.05) is 31.0 Å². The van der Waals surface area contributed by atoms with Gasteiger partial charge in [-0.2, -0.15) is 0 Å². The molecule has 2 aliphatic rings. The molecule has 3 aromatic rings. The molecule has 1 unspecified atom stereocenters. The SMILES string of the molecule is CC(=O)N1CCC2(CC1)c1cc(C(=O)NC(C)(C)c3ccc(F)cc3)ccc1N(S(=O)(=O)c1ccc(F)cc1)C2C(C)C. The molecule has 1 atom stereocenters. The zero-order valence-electron chi connectivity index (χ0n) is 25.0. The Labute approximate surface area is 251 Å². The number of sulfonamides is 1. The van der Waals surface area contributed by atoms with Crippen LogP contribution in [-0.2, 0) is 25.8 Å². The average Bonchev–Trinajstić information content (AvgIpc) is 3.23. The van der Waals surface area contributed by atoms with E-state index in [1.54, 1.807) is 35.2 Å². The van der Waals surface area contributed by atoms with Gasteiger partial charge >= 0.3 is 0 Å². The van der Waals surface area contributed by atoms with Crippen LogP contribution in [0.15, 0.2) is 71.6 Å². The first-order valence-corrected chi connectivity index (χ1v) is 15.9. The molecule has 2 heterocycles. The number of piperidine rings is 1. The molecule has 1 N–H and O–H groups in total. The average molecular weight is 610 g/mol. The van der Waals surface area contributed by atoms with Crippen molar-refractivity contribution in [2.24, 2.45) is 5.92 Å². The second kappa shape index (κ2) is 11.0. The molecule has 3 aromatic carbocycles. The zero-order valence-corrected chi connectivity index (χ0v) is 25.8. The Kier molecular flexibility index (Phi) is 7.88. The molecular formula is C33H37F2N3O4S. The van der Waals surface area contributed by atoms with E-state index in [0.717, 1.165) is 23.3 Å². The highest BCUT2D eigenvalue weighted by Gasteiger charge is 2.56. The largest absolute Gasteiger partial charge is 0.343 e. The number of likely N-dealkylation sites (tertiary alicyclic amines) is 1. The Hall–Kier alpha value is -3.79. The van der Waals surface area contributed by atoms with Gasteiger partial charge in [0.05, 0.1) is 22.2 Å². The summed E-state index contributed by atoms with van der Waals surface area (Å²) in [6.07, 6.45) is 1.04. The third-order valence-corrected chi connectivity index (χ3v) is 10.8. The molecule has 228 valence electrons. The van der Waals surface area contributed by atoms with E-state index in [0.29, 0.717) is 37.2 Å². The van der Waals surface area contributed by atoms with Crippen molar-refractivity contribution in [3.05, 3.63) is 95.1 Å². The number of carbonyl (C=O) groups is 2. The number of hydrogen-bond acceptors (Lipinski definition) is 4. The predicted octanol–water partition coefficient (Wildman–Crippen LogP) is 5.74. The van der Waals surface area contributed by atoms with Gasteiger partial charge in [0.25, 0.3) is 15.9 Å². The number of nitrogens with zero attached hydrogens (tertiary/aromatic N) is 2. The molecule has 0 saturated carbocycles. The molecular weight excluding hydrogens is 572 g/mol. The first-order chi connectivity index (χ1) is 20.2. The quantitative estimate of drug-likeness (QED) is 0.386. The number of nitrogens with one attached hydrogen (secondary N) is 1. The van der Waals surface area contributed by atoms with Crippen molar-refractivity contribution in [2.45, 2.75) is 69.4 Å². The number of benzene rings is 3. The number of carbonyl (C=O) groups excluding carboxylic acids is 2. The van der Waals surface area contributed by atoms with E-state index in [1.807, 2.05) is 27.7 Å². The minimum atomic E-state index is -4.11. The normalized spacial score (nSPS) is 18.2. The molecule has 43 heavy (non-hydrogen) atoms. The Morgan fingerprint density at radius 2 is 1.49 bits per heavy atom. The van der Waals surface area contributed by atoms with Crippen molar-refractivity contribution in [3.8, 4) is 0 Å². The first-order valence-electron chi connectivity index (χ1n) is 14.5. The van der Waals surface area contributed by atoms with Crippen molar-refractivity contribution in [1.29, 1.82) is 0 Å². The minimum Gasteiger partial charge on any atom is -0.343 e. The summed E-state index contributed by atoms with van der Waals surface area (Å²) in [5.74, 6) is -1.42.